The maximum Gasteiger partial charge on any atom is 0.446 e. The Morgan fingerprint density at radius 1 is 1.00 bits per heavy atom. The highest BCUT2D eigenvalue weighted by atomic mass is 79.9. The Hall–Kier alpha value is -1.40. The van der Waals surface area contributed by atoms with Gasteiger partial charge in [-0.2, -0.15) is 13.2 Å². The molecule has 0 saturated carbocycles. The third-order valence-electron chi connectivity index (χ3n) is 3.28. The largest absolute Gasteiger partial charge is 0.446 e. The summed E-state index contributed by atoms with van der Waals surface area (Å²) in [5.41, 5.74) is -2.47. The molecule has 0 N–H and O–H groups in total. The number of para-hydroxylation sites is 1. The molecule has 0 atom stereocenters. The molecule has 3 aromatic rings. The van der Waals surface area contributed by atoms with Crippen LogP contribution in [0, 0.1) is 0 Å². The van der Waals surface area contributed by atoms with Crippen molar-refractivity contribution in [3.63, 3.8) is 0 Å². The van der Waals surface area contributed by atoms with E-state index in [1.807, 2.05) is 41.0 Å². The first-order chi connectivity index (χ1) is 10.4. The predicted octanol–water partition coefficient (Wildman–Crippen LogP) is 6.06. The van der Waals surface area contributed by atoms with E-state index < -0.39 is 5.51 Å². The van der Waals surface area contributed by atoms with Crippen molar-refractivity contribution >= 4 is 38.6 Å². The number of halogens is 4. The average molecular weight is 386 g/mol. The molecule has 1 aromatic heterocycles. The van der Waals surface area contributed by atoms with Gasteiger partial charge < -0.3 is 4.57 Å². The summed E-state index contributed by atoms with van der Waals surface area (Å²) >= 11 is 3.41. The molecule has 0 radical (unpaired) electrons. The molecule has 0 aliphatic rings. The summed E-state index contributed by atoms with van der Waals surface area (Å²) in [5.74, 6) is 0. The first-order valence-corrected chi connectivity index (χ1v) is 8.12. The van der Waals surface area contributed by atoms with Crippen molar-refractivity contribution in [3.05, 3.63) is 64.8 Å². The van der Waals surface area contributed by atoms with Crippen molar-refractivity contribution < 1.29 is 13.2 Å². The molecule has 0 aliphatic carbocycles. The van der Waals surface area contributed by atoms with E-state index in [4.69, 9.17) is 0 Å². The van der Waals surface area contributed by atoms with Crippen LogP contribution in [-0.2, 0) is 6.54 Å². The van der Waals surface area contributed by atoms with Gasteiger partial charge in [-0.1, -0.05) is 52.3 Å². The number of hydrogen-bond donors (Lipinski definition) is 0. The lowest BCUT2D eigenvalue weighted by Gasteiger charge is -2.07. The van der Waals surface area contributed by atoms with E-state index in [2.05, 4.69) is 15.9 Å². The molecule has 0 saturated heterocycles. The van der Waals surface area contributed by atoms with E-state index in [9.17, 15) is 13.2 Å². The molecule has 0 spiro atoms. The van der Waals surface area contributed by atoms with Gasteiger partial charge in [-0.3, -0.25) is 0 Å². The van der Waals surface area contributed by atoms with Crippen molar-refractivity contribution in [2.45, 2.75) is 16.9 Å². The van der Waals surface area contributed by atoms with E-state index >= 15 is 0 Å². The molecule has 22 heavy (non-hydrogen) atoms. The first-order valence-electron chi connectivity index (χ1n) is 6.51. The van der Waals surface area contributed by atoms with Crippen molar-refractivity contribution in [1.82, 2.24) is 4.57 Å². The second-order valence-corrected chi connectivity index (χ2v) is 6.74. The molecule has 0 fully saturated rings. The van der Waals surface area contributed by atoms with Crippen LogP contribution in [0.15, 0.2) is 64.1 Å². The van der Waals surface area contributed by atoms with E-state index in [1.165, 1.54) is 0 Å². The standard InChI is InChI=1S/C16H11BrF3NS/c17-13-7-3-1-5-11(13)9-21-10-15(22-16(18,19)20)12-6-2-4-8-14(12)21/h1-8,10H,9H2. The van der Waals surface area contributed by atoms with E-state index in [0.29, 0.717) is 11.9 Å². The number of thioether (sulfide) groups is 1. The SMILES string of the molecule is FC(F)(F)Sc1cn(Cc2ccccc2Br)c2ccccc12. The normalized spacial score (nSPS) is 12.0. The van der Waals surface area contributed by atoms with Crippen molar-refractivity contribution in [2.24, 2.45) is 0 Å². The lowest BCUT2D eigenvalue weighted by molar-refractivity contribution is -0.0327. The zero-order chi connectivity index (χ0) is 15.7. The number of hydrogen-bond acceptors (Lipinski definition) is 1. The molecule has 0 unspecified atom stereocenters. The van der Waals surface area contributed by atoms with Crippen LogP contribution in [-0.4, -0.2) is 10.1 Å². The molecular formula is C16H11BrF3NS. The van der Waals surface area contributed by atoms with Gasteiger partial charge in [0, 0.05) is 33.0 Å². The first kappa shape index (κ1) is 15.5. The van der Waals surface area contributed by atoms with Crippen LogP contribution >= 0.6 is 27.7 Å². The fourth-order valence-corrected chi connectivity index (χ4v) is 3.48. The third kappa shape index (κ3) is 3.33. The Morgan fingerprint density at radius 3 is 2.41 bits per heavy atom. The van der Waals surface area contributed by atoms with Gasteiger partial charge in [-0.15, -0.1) is 0 Å². The van der Waals surface area contributed by atoms with Crippen LogP contribution in [0.3, 0.4) is 0 Å². The number of aromatic nitrogens is 1. The predicted molar refractivity (Wildman–Crippen MR) is 87.1 cm³/mol. The fourth-order valence-electron chi connectivity index (χ4n) is 2.36. The fraction of sp³-hybridized carbons (Fsp3) is 0.125. The van der Waals surface area contributed by atoms with Gasteiger partial charge in [-0.05, 0) is 29.5 Å². The molecular weight excluding hydrogens is 375 g/mol. The van der Waals surface area contributed by atoms with E-state index in [0.717, 1.165) is 15.6 Å². The number of rotatable bonds is 3. The van der Waals surface area contributed by atoms with Gasteiger partial charge in [0.15, 0.2) is 0 Å². The van der Waals surface area contributed by atoms with Crippen LogP contribution in [0.1, 0.15) is 5.56 Å². The Bertz CT molecular complexity index is 811. The second kappa shape index (κ2) is 6.01. The Labute approximate surface area is 138 Å². The van der Waals surface area contributed by atoms with Crippen LogP contribution in [0.2, 0.25) is 0 Å². The van der Waals surface area contributed by atoms with Gasteiger partial charge in [0.2, 0.25) is 0 Å². The summed E-state index contributed by atoms with van der Waals surface area (Å²) in [6, 6.07) is 14.9. The summed E-state index contributed by atoms with van der Waals surface area (Å²) < 4.78 is 40.9. The highest BCUT2D eigenvalue weighted by Crippen LogP contribution is 2.41. The number of alkyl halides is 3. The molecule has 3 rings (SSSR count). The summed E-state index contributed by atoms with van der Waals surface area (Å²) in [6.07, 6.45) is 1.57. The quantitative estimate of drug-likeness (QED) is 0.495. The molecule has 2 aromatic carbocycles. The number of fused-ring (bicyclic) bond motifs is 1. The lowest BCUT2D eigenvalue weighted by Crippen LogP contribution is -1.99. The molecule has 0 bridgehead atoms. The van der Waals surface area contributed by atoms with Crippen LogP contribution in [0.5, 0.6) is 0 Å². The number of nitrogens with zero attached hydrogens (tertiary/aromatic N) is 1. The highest BCUT2D eigenvalue weighted by Gasteiger charge is 2.31. The van der Waals surface area contributed by atoms with Gasteiger partial charge in [-0.25, -0.2) is 0 Å². The summed E-state index contributed by atoms with van der Waals surface area (Å²) in [6.45, 7) is 0.514. The lowest BCUT2D eigenvalue weighted by atomic mass is 10.2. The summed E-state index contributed by atoms with van der Waals surface area (Å²) in [4.78, 5) is 0.232. The Kier molecular flexibility index (Phi) is 4.23. The molecule has 1 heterocycles. The minimum atomic E-state index is -4.29. The van der Waals surface area contributed by atoms with Crippen molar-refractivity contribution in [1.29, 1.82) is 0 Å². The third-order valence-corrected chi connectivity index (χ3v) is 4.83. The van der Waals surface area contributed by atoms with E-state index in [-0.39, 0.29) is 16.7 Å². The molecule has 0 aliphatic heterocycles. The Morgan fingerprint density at radius 2 is 1.68 bits per heavy atom. The van der Waals surface area contributed by atoms with Crippen molar-refractivity contribution in [3.8, 4) is 0 Å². The number of benzene rings is 2. The topological polar surface area (TPSA) is 4.93 Å². The minimum Gasteiger partial charge on any atom is -0.342 e. The van der Waals surface area contributed by atoms with E-state index in [1.54, 1.807) is 18.3 Å². The van der Waals surface area contributed by atoms with Gasteiger partial charge >= 0.3 is 5.51 Å². The zero-order valence-electron chi connectivity index (χ0n) is 11.3. The Balaban J connectivity index is 2.05. The van der Waals surface area contributed by atoms with Crippen LogP contribution in [0.25, 0.3) is 10.9 Å². The smallest absolute Gasteiger partial charge is 0.342 e. The van der Waals surface area contributed by atoms with Crippen LogP contribution in [0.4, 0.5) is 13.2 Å². The van der Waals surface area contributed by atoms with Gasteiger partial charge in [0.05, 0.1) is 0 Å². The minimum absolute atomic E-state index is 0.0667. The zero-order valence-corrected chi connectivity index (χ0v) is 13.7. The second-order valence-electron chi connectivity index (χ2n) is 4.78. The maximum atomic E-state index is 12.7. The van der Waals surface area contributed by atoms with Crippen LogP contribution < -0.4 is 0 Å². The van der Waals surface area contributed by atoms with Gasteiger partial charge in [0.25, 0.3) is 0 Å². The highest BCUT2D eigenvalue weighted by molar-refractivity contribution is 9.10. The summed E-state index contributed by atoms with van der Waals surface area (Å²) in [7, 11) is 0. The molecule has 114 valence electrons. The van der Waals surface area contributed by atoms with Gasteiger partial charge in [0.1, 0.15) is 0 Å². The molecule has 1 nitrogen and oxygen atoms in total. The molecule has 0 amide bonds. The maximum absolute atomic E-state index is 12.7. The molecule has 6 heteroatoms. The summed E-state index contributed by atoms with van der Waals surface area (Å²) in [5, 5.41) is 0.622. The van der Waals surface area contributed by atoms with Crippen molar-refractivity contribution in [2.75, 3.05) is 0 Å². The average Bonchev–Trinajstić information content (AvgIpc) is 2.78. The monoisotopic (exact) mass is 385 g/mol.